The fourth-order valence-corrected chi connectivity index (χ4v) is 5.14. The lowest BCUT2D eigenvalue weighted by atomic mass is 10.1. The van der Waals surface area contributed by atoms with Crippen LogP contribution in [0.3, 0.4) is 0 Å². The van der Waals surface area contributed by atoms with Gasteiger partial charge in [-0.3, -0.25) is 14.5 Å². The van der Waals surface area contributed by atoms with Gasteiger partial charge in [0.15, 0.2) is 0 Å². The number of hydrogen-bond acceptors (Lipinski definition) is 4. The molecule has 1 N–H and O–H groups in total. The number of nitrogens with one attached hydrogen (secondary N) is 1. The van der Waals surface area contributed by atoms with Crippen molar-refractivity contribution in [1.82, 2.24) is 5.32 Å². The number of amides is 2. The molecule has 0 aliphatic carbocycles. The Morgan fingerprint density at radius 1 is 0.971 bits per heavy atom. The summed E-state index contributed by atoms with van der Waals surface area (Å²) in [6, 6.07) is 27.1. The number of aryl methyl sites for hydroxylation is 2. The van der Waals surface area contributed by atoms with Gasteiger partial charge in [0.2, 0.25) is 5.91 Å². The van der Waals surface area contributed by atoms with Gasteiger partial charge in [0.05, 0.1) is 5.25 Å². The molecule has 0 saturated carbocycles. The highest BCUT2D eigenvalue weighted by Gasteiger charge is 2.40. The molecule has 0 bridgehead atoms. The number of carbonyl (C=O) groups is 2. The topological polar surface area (TPSA) is 73.2 Å². The molecular weight excluding hydrogens is 442 g/mol. The number of carbonyl (C=O) groups excluding carboxylic acids is 2. The van der Waals surface area contributed by atoms with Crippen molar-refractivity contribution in [1.29, 1.82) is 5.26 Å². The molecule has 1 fully saturated rings. The van der Waals surface area contributed by atoms with Crippen molar-refractivity contribution in [2.45, 2.75) is 32.1 Å². The third kappa shape index (κ3) is 5.22. The van der Waals surface area contributed by atoms with Gasteiger partial charge in [0.25, 0.3) is 5.91 Å². The molecule has 1 atom stereocenters. The van der Waals surface area contributed by atoms with Gasteiger partial charge in [-0.2, -0.15) is 5.26 Å². The SMILES string of the molecule is Cc1ccc(N2C(=O)C(Cc3cccc(C)c3)S/C2=C(/C#N)C(=O)NCc2ccccc2)cc1. The number of rotatable bonds is 6. The van der Waals surface area contributed by atoms with Crippen molar-refractivity contribution in [3.63, 3.8) is 0 Å². The van der Waals surface area contributed by atoms with Crippen molar-refractivity contribution in [3.8, 4) is 6.07 Å². The molecule has 1 saturated heterocycles. The third-order valence-electron chi connectivity index (χ3n) is 5.60. The van der Waals surface area contributed by atoms with E-state index < -0.39 is 11.2 Å². The van der Waals surface area contributed by atoms with E-state index in [1.807, 2.05) is 86.6 Å². The highest BCUT2D eigenvalue weighted by atomic mass is 32.2. The highest BCUT2D eigenvalue weighted by Crippen LogP contribution is 2.42. The Bertz CT molecular complexity index is 1280. The molecule has 1 heterocycles. The first kappa shape index (κ1) is 23.3. The molecule has 170 valence electrons. The fraction of sp³-hybridized carbons (Fsp3) is 0.179. The zero-order valence-corrected chi connectivity index (χ0v) is 19.9. The number of thioether (sulfide) groups is 1. The standard InChI is InChI=1S/C28H25N3O2S/c1-19-11-13-23(14-12-19)31-27(33)25(16-22-10-6-7-20(2)15-22)34-28(31)24(17-29)26(32)30-18-21-8-4-3-5-9-21/h3-15,25H,16,18H2,1-2H3,(H,30,32)/b28-24-. The largest absolute Gasteiger partial charge is 0.347 e. The number of hydrogen-bond donors (Lipinski definition) is 1. The van der Waals surface area contributed by atoms with Gasteiger partial charge in [0.1, 0.15) is 16.7 Å². The van der Waals surface area contributed by atoms with Crippen LogP contribution in [0.4, 0.5) is 5.69 Å². The van der Waals surface area contributed by atoms with Crippen LogP contribution in [0.5, 0.6) is 0 Å². The van der Waals surface area contributed by atoms with E-state index in [2.05, 4.69) is 17.5 Å². The zero-order valence-electron chi connectivity index (χ0n) is 19.1. The van der Waals surface area contributed by atoms with E-state index in [1.54, 1.807) is 0 Å². The van der Waals surface area contributed by atoms with Crippen molar-refractivity contribution < 1.29 is 9.59 Å². The van der Waals surface area contributed by atoms with E-state index in [4.69, 9.17) is 0 Å². The number of nitriles is 1. The summed E-state index contributed by atoms with van der Waals surface area (Å²) in [7, 11) is 0. The van der Waals surface area contributed by atoms with Crippen LogP contribution in [0.1, 0.15) is 22.3 Å². The van der Waals surface area contributed by atoms with Crippen LogP contribution in [0.2, 0.25) is 0 Å². The fourth-order valence-electron chi connectivity index (χ4n) is 3.84. The maximum atomic E-state index is 13.5. The maximum absolute atomic E-state index is 13.5. The van der Waals surface area contributed by atoms with Crippen LogP contribution >= 0.6 is 11.8 Å². The summed E-state index contributed by atoms with van der Waals surface area (Å²) in [5.41, 5.74) is 4.75. The summed E-state index contributed by atoms with van der Waals surface area (Å²) in [5.74, 6) is -0.621. The third-order valence-corrected chi connectivity index (χ3v) is 6.86. The first-order valence-corrected chi connectivity index (χ1v) is 11.9. The second-order valence-electron chi connectivity index (χ2n) is 8.27. The van der Waals surface area contributed by atoms with E-state index in [-0.39, 0.29) is 11.5 Å². The normalized spacial score (nSPS) is 16.8. The van der Waals surface area contributed by atoms with Crippen LogP contribution in [-0.4, -0.2) is 17.1 Å². The zero-order chi connectivity index (χ0) is 24.1. The van der Waals surface area contributed by atoms with Crippen molar-refractivity contribution >= 4 is 29.3 Å². The number of anilines is 1. The minimum Gasteiger partial charge on any atom is -0.347 e. The monoisotopic (exact) mass is 467 g/mol. The molecule has 0 radical (unpaired) electrons. The maximum Gasteiger partial charge on any atom is 0.264 e. The van der Waals surface area contributed by atoms with Crippen molar-refractivity contribution in [2.75, 3.05) is 4.90 Å². The van der Waals surface area contributed by atoms with Crippen LogP contribution in [0.25, 0.3) is 0 Å². The summed E-state index contributed by atoms with van der Waals surface area (Å²) in [5, 5.41) is 12.7. The Kier molecular flexibility index (Phi) is 7.15. The molecule has 3 aromatic rings. The first-order chi connectivity index (χ1) is 16.5. The highest BCUT2D eigenvalue weighted by molar-refractivity contribution is 8.05. The lowest BCUT2D eigenvalue weighted by Gasteiger charge is -2.19. The molecule has 4 rings (SSSR count). The Hall–Kier alpha value is -3.82. The van der Waals surface area contributed by atoms with Gasteiger partial charge < -0.3 is 5.32 Å². The van der Waals surface area contributed by atoms with Gasteiger partial charge in [-0.05, 0) is 43.5 Å². The smallest absolute Gasteiger partial charge is 0.264 e. The van der Waals surface area contributed by atoms with Crippen molar-refractivity contribution in [3.05, 3.63) is 112 Å². The van der Waals surface area contributed by atoms with Crippen LogP contribution in [0.15, 0.2) is 89.5 Å². The minimum atomic E-state index is -0.491. The van der Waals surface area contributed by atoms with E-state index in [9.17, 15) is 14.9 Å². The summed E-state index contributed by atoms with van der Waals surface area (Å²) in [6.45, 7) is 4.29. The quantitative estimate of drug-likeness (QED) is 0.407. The number of benzene rings is 3. The molecule has 2 amide bonds. The second kappa shape index (κ2) is 10.4. The lowest BCUT2D eigenvalue weighted by Crippen LogP contribution is -2.32. The molecule has 3 aromatic carbocycles. The molecule has 1 aliphatic heterocycles. The Morgan fingerprint density at radius 3 is 2.35 bits per heavy atom. The predicted octanol–water partition coefficient (Wildman–Crippen LogP) is 5.05. The summed E-state index contributed by atoms with van der Waals surface area (Å²) in [4.78, 5) is 28.1. The van der Waals surface area contributed by atoms with Gasteiger partial charge >= 0.3 is 0 Å². The minimum absolute atomic E-state index is 0.0541. The van der Waals surface area contributed by atoms with Gasteiger partial charge in [-0.1, -0.05) is 89.6 Å². The van der Waals surface area contributed by atoms with Crippen LogP contribution < -0.4 is 10.2 Å². The summed E-state index contributed by atoms with van der Waals surface area (Å²) < 4.78 is 0. The molecular formula is C28H25N3O2S. The Labute approximate surface area is 204 Å². The lowest BCUT2D eigenvalue weighted by molar-refractivity contribution is -0.117. The van der Waals surface area contributed by atoms with Gasteiger partial charge in [0, 0.05) is 12.2 Å². The molecule has 6 heteroatoms. The molecule has 1 unspecified atom stereocenters. The van der Waals surface area contributed by atoms with Crippen LogP contribution in [-0.2, 0) is 22.6 Å². The Balaban J connectivity index is 1.67. The van der Waals surface area contributed by atoms with E-state index in [0.29, 0.717) is 23.7 Å². The molecule has 34 heavy (non-hydrogen) atoms. The number of nitrogens with zero attached hydrogens (tertiary/aromatic N) is 2. The van der Waals surface area contributed by atoms with E-state index in [1.165, 1.54) is 16.7 Å². The molecule has 1 aliphatic rings. The molecule has 0 spiro atoms. The second-order valence-corrected chi connectivity index (χ2v) is 9.46. The summed E-state index contributed by atoms with van der Waals surface area (Å²) in [6.07, 6.45) is 0.515. The van der Waals surface area contributed by atoms with Crippen molar-refractivity contribution in [2.24, 2.45) is 0 Å². The average molecular weight is 468 g/mol. The van der Waals surface area contributed by atoms with E-state index >= 15 is 0 Å². The summed E-state index contributed by atoms with van der Waals surface area (Å²) >= 11 is 1.28. The predicted molar refractivity (Wildman–Crippen MR) is 136 cm³/mol. The molecule has 5 nitrogen and oxygen atoms in total. The van der Waals surface area contributed by atoms with Gasteiger partial charge in [-0.15, -0.1) is 0 Å². The van der Waals surface area contributed by atoms with E-state index in [0.717, 1.165) is 22.3 Å². The first-order valence-electron chi connectivity index (χ1n) is 11.1. The molecule has 0 aromatic heterocycles. The van der Waals surface area contributed by atoms with Gasteiger partial charge in [-0.25, -0.2) is 0 Å². The Morgan fingerprint density at radius 2 is 1.68 bits per heavy atom. The van der Waals surface area contributed by atoms with Crippen LogP contribution in [0, 0.1) is 25.2 Å². The average Bonchev–Trinajstić information content (AvgIpc) is 3.15.